The lowest BCUT2D eigenvalue weighted by Crippen LogP contribution is -2.51. The van der Waals surface area contributed by atoms with Gasteiger partial charge in [-0.05, 0) is 38.7 Å². The van der Waals surface area contributed by atoms with Crippen LogP contribution in [0.2, 0.25) is 0 Å². The Kier molecular flexibility index (Phi) is 4.63. The number of nitrogens with zero attached hydrogens (tertiary/aromatic N) is 2. The van der Waals surface area contributed by atoms with Gasteiger partial charge in [0.1, 0.15) is 0 Å². The molecule has 1 aromatic rings. The Hall–Kier alpha value is -1.17. The molecule has 0 bridgehead atoms. The Morgan fingerprint density at radius 2 is 2.17 bits per heavy atom. The molecule has 128 valence electrons. The predicted molar refractivity (Wildman–Crippen MR) is 88.6 cm³/mol. The number of hydrogen-bond acceptors (Lipinski definition) is 4. The van der Waals surface area contributed by atoms with Crippen LogP contribution in [0.25, 0.3) is 0 Å². The van der Waals surface area contributed by atoms with E-state index in [-0.39, 0.29) is 11.4 Å². The molecule has 3 rings (SSSR count). The van der Waals surface area contributed by atoms with E-state index < -0.39 is 0 Å². The minimum Gasteiger partial charge on any atom is -0.381 e. The number of Topliss-reactive ketones (excluding diaryl/α,β-unsaturated/α-hetero) is 1. The first-order chi connectivity index (χ1) is 11.0. The van der Waals surface area contributed by atoms with Crippen LogP contribution < -0.4 is 0 Å². The van der Waals surface area contributed by atoms with E-state index in [2.05, 4.69) is 9.47 Å². The van der Waals surface area contributed by atoms with Crippen LogP contribution in [-0.2, 0) is 23.1 Å². The fraction of sp³-hybridized carbons (Fsp3) is 0.722. The van der Waals surface area contributed by atoms with Gasteiger partial charge in [0, 0.05) is 57.9 Å². The van der Waals surface area contributed by atoms with Crippen LogP contribution in [0, 0.1) is 0 Å². The number of aromatic nitrogens is 1. The molecule has 3 atom stereocenters. The van der Waals surface area contributed by atoms with Crippen LogP contribution in [0.3, 0.4) is 0 Å². The first kappa shape index (κ1) is 16.7. The van der Waals surface area contributed by atoms with Crippen LogP contribution in [0.5, 0.6) is 0 Å². The van der Waals surface area contributed by atoms with Gasteiger partial charge in [0.25, 0.3) is 0 Å². The summed E-state index contributed by atoms with van der Waals surface area (Å²) < 4.78 is 13.7. The highest BCUT2D eigenvalue weighted by molar-refractivity contribution is 5.94. The molecular formula is C18H28N2O3. The topological polar surface area (TPSA) is 43.7 Å². The number of fused-ring (bicyclic) bond motifs is 1. The molecule has 1 aliphatic carbocycles. The van der Waals surface area contributed by atoms with Gasteiger partial charge >= 0.3 is 0 Å². The number of hydrogen-bond donors (Lipinski definition) is 0. The van der Waals surface area contributed by atoms with Crippen molar-refractivity contribution in [1.82, 2.24) is 9.47 Å². The molecule has 2 aliphatic rings. The van der Waals surface area contributed by atoms with Gasteiger partial charge in [-0.15, -0.1) is 0 Å². The molecule has 1 aliphatic heterocycles. The number of ketones is 1. The quantitative estimate of drug-likeness (QED) is 0.781. The van der Waals surface area contributed by atoms with Crippen molar-refractivity contribution in [3.8, 4) is 0 Å². The summed E-state index contributed by atoms with van der Waals surface area (Å²) in [6.45, 7) is 3.51. The van der Waals surface area contributed by atoms with Crippen molar-refractivity contribution in [2.45, 2.75) is 56.9 Å². The summed E-state index contributed by atoms with van der Waals surface area (Å²) in [6, 6.07) is 2.41. The van der Waals surface area contributed by atoms with Crippen LogP contribution in [-0.4, -0.2) is 53.8 Å². The second-order valence-corrected chi connectivity index (χ2v) is 7.02. The molecule has 5 heteroatoms. The number of aryl methyl sites for hydroxylation is 1. The van der Waals surface area contributed by atoms with Gasteiger partial charge in [-0.25, -0.2) is 0 Å². The number of carbonyl (C=O) groups is 1. The summed E-state index contributed by atoms with van der Waals surface area (Å²) in [5, 5.41) is 0. The first-order valence-electron chi connectivity index (χ1n) is 8.47. The van der Waals surface area contributed by atoms with Gasteiger partial charge < -0.3 is 14.0 Å². The Labute approximate surface area is 138 Å². The van der Waals surface area contributed by atoms with Crippen molar-refractivity contribution in [2.24, 2.45) is 7.05 Å². The van der Waals surface area contributed by atoms with Gasteiger partial charge in [-0.2, -0.15) is 0 Å². The van der Waals surface area contributed by atoms with E-state index in [0.717, 1.165) is 44.3 Å². The van der Waals surface area contributed by atoms with Crippen LogP contribution in [0.15, 0.2) is 12.3 Å². The highest BCUT2D eigenvalue weighted by Gasteiger charge is 2.51. The molecule has 1 saturated heterocycles. The predicted octanol–water partition coefficient (Wildman–Crippen LogP) is 2.39. The normalized spacial score (nSPS) is 31.3. The summed E-state index contributed by atoms with van der Waals surface area (Å²) in [5.74, 6) is 0.122. The standard InChI is InChI=1S/C18H28N2O3/c1-13(21)14-9-15(19(2)11-14)12-20-8-7-18(23-4)6-5-16(22-3)10-17(18)20/h9,11,16-17H,5-8,10,12H2,1-4H3/t16-,17-,18+/m0/s1. The summed E-state index contributed by atoms with van der Waals surface area (Å²) in [5.41, 5.74) is 1.95. The maximum Gasteiger partial charge on any atom is 0.161 e. The fourth-order valence-corrected chi connectivity index (χ4v) is 4.33. The van der Waals surface area contributed by atoms with Gasteiger partial charge in [0.2, 0.25) is 0 Å². The van der Waals surface area contributed by atoms with Gasteiger partial charge in [-0.3, -0.25) is 9.69 Å². The fourth-order valence-electron chi connectivity index (χ4n) is 4.33. The molecule has 1 saturated carbocycles. The molecule has 2 fully saturated rings. The minimum absolute atomic E-state index is 0.0242. The molecule has 1 aromatic heterocycles. The largest absolute Gasteiger partial charge is 0.381 e. The molecule has 5 nitrogen and oxygen atoms in total. The average Bonchev–Trinajstić information content (AvgIpc) is 3.09. The Bertz CT molecular complexity index is 583. The lowest BCUT2D eigenvalue weighted by molar-refractivity contribution is -0.0949. The summed E-state index contributed by atoms with van der Waals surface area (Å²) in [4.78, 5) is 14.1. The lowest BCUT2D eigenvalue weighted by atomic mass is 9.79. The summed E-state index contributed by atoms with van der Waals surface area (Å²) in [7, 11) is 5.67. The maximum atomic E-state index is 11.6. The molecule has 2 heterocycles. The summed E-state index contributed by atoms with van der Waals surface area (Å²) >= 11 is 0. The van der Waals surface area contributed by atoms with Crippen molar-refractivity contribution in [3.63, 3.8) is 0 Å². The van der Waals surface area contributed by atoms with Gasteiger partial charge in [0.05, 0.1) is 11.7 Å². The molecule has 0 N–H and O–H groups in total. The number of methoxy groups -OCH3 is 2. The van der Waals surface area contributed by atoms with Crippen molar-refractivity contribution in [3.05, 3.63) is 23.5 Å². The monoisotopic (exact) mass is 320 g/mol. The number of likely N-dealkylation sites (tertiary alicyclic amines) is 1. The number of rotatable bonds is 5. The smallest absolute Gasteiger partial charge is 0.161 e. The molecule has 0 aromatic carbocycles. The van der Waals surface area contributed by atoms with Crippen molar-refractivity contribution in [2.75, 3.05) is 20.8 Å². The third-order valence-corrected chi connectivity index (χ3v) is 5.87. The number of carbonyl (C=O) groups excluding carboxylic acids is 1. The van der Waals surface area contributed by atoms with Crippen LogP contribution >= 0.6 is 0 Å². The third-order valence-electron chi connectivity index (χ3n) is 5.87. The third kappa shape index (κ3) is 2.97. The zero-order chi connectivity index (χ0) is 16.6. The SMILES string of the molecule is CO[C@H]1CC[C@@]2(OC)CCN(Cc3cc(C(C)=O)cn3C)[C@H]2C1. The molecular weight excluding hydrogens is 292 g/mol. The molecule has 0 unspecified atom stereocenters. The molecule has 0 spiro atoms. The van der Waals surface area contributed by atoms with E-state index >= 15 is 0 Å². The highest BCUT2D eigenvalue weighted by atomic mass is 16.5. The maximum absolute atomic E-state index is 11.6. The Morgan fingerprint density at radius 3 is 2.78 bits per heavy atom. The van der Waals surface area contributed by atoms with Crippen molar-refractivity contribution >= 4 is 5.78 Å². The zero-order valence-corrected chi connectivity index (χ0v) is 14.7. The Balaban J connectivity index is 1.79. The van der Waals surface area contributed by atoms with E-state index in [1.54, 1.807) is 14.0 Å². The number of ether oxygens (including phenoxy) is 2. The van der Waals surface area contributed by atoms with E-state index in [9.17, 15) is 4.79 Å². The second-order valence-electron chi connectivity index (χ2n) is 7.02. The van der Waals surface area contributed by atoms with Gasteiger partial charge in [0.15, 0.2) is 5.78 Å². The van der Waals surface area contributed by atoms with Crippen LogP contribution in [0.1, 0.15) is 48.7 Å². The van der Waals surface area contributed by atoms with E-state index in [1.807, 2.05) is 26.4 Å². The molecule has 0 amide bonds. The average molecular weight is 320 g/mol. The minimum atomic E-state index is -0.0242. The van der Waals surface area contributed by atoms with Crippen molar-refractivity contribution < 1.29 is 14.3 Å². The van der Waals surface area contributed by atoms with E-state index in [0.29, 0.717) is 12.1 Å². The molecule has 0 radical (unpaired) electrons. The first-order valence-corrected chi connectivity index (χ1v) is 8.47. The van der Waals surface area contributed by atoms with E-state index in [1.165, 1.54) is 5.69 Å². The lowest BCUT2D eigenvalue weighted by Gasteiger charge is -2.43. The van der Waals surface area contributed by atoms with Crippen molar-refractivity contribution in [1.29, 1.82) is 0 Å². The van der Waals surface area contributed by atoms with Crippen LogP contribution in [0.4, 0.5) is 0 Å². The zero-order valence-electron chi connectivity index (χ0n) is 14.7. The summed E-state index contributed by atoms with van der Waals surface area (Å²) in [6.07, 6.45) is 6.49. The second kappa shape index (κ2) is 6.38. The van der Waals surface area contributed by atoms with Gasteiger partial charge in [-0.1, -0.05) is 0 Å². The Morgan fingerprint density at radius 1 is 1.39 bits per heavy atom. The van der Waals surface area contributed by atoms with E-state index in [4.69, 9.17) is 9.47 Å². The molecule has 23 heavy (non-hydrogen) atoms. The highest BCUT2D eigenvalue weighted by Crippen LogP contribution is 2.43.